The highest BCUT2D eigenvalue weighted by Crippen LogP contribution is 2.33. The lowest BCUT2D eigenvalue weighted by molar-refractivity contribution is 0.296. The van der Waals surface area contributed by atoms with Gasteiger partial charge in [0.1, 0.15) is 0 Å². The van der Waals surface area contributed by atoms with Crippen LogP contribution in [0.25, 0.3) is 11.4 Å². The minimum Gasteiger partial charge on any atom is -0.733 e. The van der Waals surface area contributed by atoms with Crippen LogP contribution in [0.15, 0.2) is 53.7 Å². The normalized spacial score (nSPS) is 13.6. The maximum absolute atomic E-state index is 11.1. The number of hydrogen-bond donors (Lipinski definition) is 1. The Hall–Kier alpha value is -2.55. The fraction of sp³-hybridized carbons (Fsp3) is 0.176. The van der Waals surface area contributed by atoms with E-state index in [4.69, 9.17) is 5.21 Å². The molecule has 3 aromatic rings. The molecule has 0 unspecified atom stereocenters. The summed E-state index contributed by atoms with van der Waals surface area (Å²) in [7, 11) is 0. The minimum atomic E-state index is -0.147. The Balaban J connectivity index is 1.70. The SMILES string of the molecule is Cc1ccccc1N1CSc2nnc(-c3cccc(N([O-])O)c3)n2C1. The van der Waals surface area contributed by atoms with Gasteiger partial charge in [-0.3, -0.25) is 9.77 Å². The quantitative estimate of drug-likeness (QED) is 0.721. The predicted molar refractivity (Wildman–Crippen MR) is 97.5 cm³/mol. The van der Waals surface area contributed by atoms with Crippen molar-refractivity contribution in [1.29, 1.82) is 0 Å². The van der Waals surface area contributed by atoms with Crippen molar-refractivity contribution in [1.82, 2.24) is 14.8 Å². The van der Waals surface area contributed by atoms with Gasteiger partial charge in [-0.25, -0.2) is 0 Å². The molecule has 0 bridgehead atoms. The molecule has 128 valence electrons. The van der Waals surface area contributed by atoms with Gasteiger partial charge in [-0.1, -0.05) is 42.1 Å². The number of thioether (sulfide) groups is 1. The number of fused-ring (bicyclic) bond motifs is 1. The second-order valence-corrected chi connectivity index (χ2v) is 6.71. The van der Waals surface area contributed by atoms with Crippen molar-refractivity contribution in [2.75, 3.05) is 16.0 Å². The number of nitrogens with zero attached hydrogens (tertiary/aromatic N) is 5. The first-order valence-electron chi connectivity index (χ1n) is 7.76. The zero-order chi connectivity index (χ0) is 17.4. The standard InChI is InChI=1S/C17H16N5O2S/c1-12-5-2-3-8-15(12)20-10-21-16(18-19-17(21)25-11-20)13-6-4-7-14(9-13)22(23)24/h2-9,23H,10-11H2,1H3/q-1. The molecule has 25 heavy (non-hydrogen) atoms. The molecule has 1 aliphatic rings. The maximum Gasteiger partial charge on any atom is 0.194 e. The van der Waals surface area contributed by atoms with Crippen molar-refractivity contribution in [2.24, 2.45) is 0 Å². The Morgan fingerprint density at radius 2 is 2.00 bits per heavy atom. The number of aryl methyl sites for hydroxylation is 1. The van der Waals surface area contributed by atoms with E-state index in [0.29, 0.717) is 12.5 Å². The minimum absolute atomic E-state index is 0.147. The van der Waals surface area contributed by atoms with Gasteiger partial charge in [0.15, 0.2) is 11.0 Å². The topological polar surface area (TPSA) is 80.5 Å². The highest BCUT2D eigenvalue weighted by atomic mass is 32.2. The van der Waals surface area contributed by atoms with Crippen LogP contribution < -0.4 is 10.1 Å². The van der Waals surface area contributed by atoms with E-state index in [-0.39, 0.29) is 10.9 Å². The number of aromatic nitrogens is 3. The van der Waals surface area contributed by atoms with E-state index in [9.17, 15) is 5.21 Å². The van der Waals surface area contributed by atoms with E-state index in [1.54, 1.807) is 30.0 Å². The predicted octanol–water partition coefficient (Wildman–Crippen LogP) is 3.47. The molecule has 4 rings (SSSR count). The molecule has 0 radical (unpaired) electrons. The molecule has 0 amide bonds. The molecule has 1 aliphatic heterocycles. The van der Waals surface area contributed by atoms with Crippen LogP contribution >= 0.6 is 11.8 Å². The second-order valence-electron chi connectivity index (χ2n) is 5.80. The smallest absolute Gasteiger partial charge is 0.194 e. The average molecular weight is 354 g/mol. The molecule has 0 atom stereocenters. The monoisotopic (exact) mass is 354 g/mol. The van der Waals surface area contributed by atoms with Crippen molar-refractivity contribution in [3.63, 3.8) is 0 Å². The lowest BCUT2D eigenvalue weighted by Crippen LogP contribution is -2.31. The summed E-state index contributed by atoms with van der Waals surface area (Å²) >= 11 is 1.62. The molecular weight excluding hydrogens is 338 g/mol. The fourth-order valence-electron chi connectivity index (χ4n) is 2.91. The van der Waals surface area contributed by atoms with Crippen molar-refractivity contribution >= 4 is 23.1 Å². The van der Waals surface area contributed by atoms with Crippen LogP contribution in [0.2, 0.25) is 0 Å². The van der Waals surface area contributed by atoms with Crippen molar-refractivity contribution in [2.45, 2.75) is 18.7 Å². The molecular formula is C17H16N5O2S-. The molecule has 0 fully saturated rings. The molecule has 0 saturated carbocycles. The largest absolute Gasteiger partial charge is 0.733 e. The molecule has 0 aliphatic carbocycles. The van der Waals surface area contributed by atoms with Crippen LogP contribution in [0, 0.1) is 12.1 Å². The van der Waals surface area contributed by atoms with E-state index < -0.39 is 0 Å². The Morgan fingerprint density at radius 3 is 2.80 bits per heavy atom. The zero-order valence-electron chi connectivity index (χ0n) is 13.5. The average Bonchev–Trinajstić information content (AvgIpc) is 3.05. The van der Waals surface area contributed by atoms with E-state index >= 15 is 0 Å². The Labute approximate surface area is 149 Å². The molecule has 0 spiro atoms. The number of benzene rings is 2. The summed E-state index contributed by atoms with van der Waals surface area (Å²) in [5, 5.41) is 29.5. The molecule has 1 aromatic heterocycles. The summed E-state index contributed by atoms with van der Waals surface area (Å²) in [5.74, 6) is 1.47. The van der Waals surface area contributed by atoms with Gasteiger partial charge in [0.2, 0.25) is 0 Å². The Morgan fingerprint density at radius 1 is 1.16 bits per heavy atom. The van der Waals surface area contributed by atoms with Crippen molar-refractivity contribution in [3.8, 4) is 11.4 Å². The van der Waals surface area contributed by atoms with E-state index in [0.717, 1.165) is 16.6 Å². The summed E-state index contributed by atoms with van der Waals surface area (Å²) in [6, 6.07) is 15.0. The Bertz CT molecular complexity index is 912. The first-order valence-corrected chi connectivity index (χ1v) is 8.75. The van der Waals surface area contributed by atoms with Crippen LogP contribution in [0.3, 0.4) is 0 Å². The van der Waals surface area contributed by atoms with E-state index in [1.165, 1.54) is 11.3 Å². The van der Waals surface area contributed by atoms with Gasteiger partial charge in [-0.05, 0) is 30.7 Å². The fourth-order valence-corrected chi connectivity index (χ4v) is 3.80. The van der Waals surface area contributed by atoms with Crippen molar-refractivity contribution < 1.29 is 5.21 Å². The van der Waals surface area contributed by atoms with Crippen LogP contribution in [-0.4, -0.2) is 25.8 Å². The number of anilines is 2. The summed E-state index contributed by atoms with van der Waals surface area (Å²) in [6.07, 6.45) is 0. The van der Waals surface area contributed by atoms with Crippen LogP contribution in [0.1, 0.15) is 5.56 Å². The third kappa shape index (κ3) is 2.95. The highest BCUT2D eigenvalue weighted by Gasteiger charge is 2.23. The first-order chi connectivity index (χ1) is 12.1. The molecule has 1 N–H and O–H groups in total. The zero-order valence-corrected chi connectivity index (χ0v) is 14.3. The third-order valence-electron chi connectivity index (χ3n) is 4.16. The Kier molecular flexibility index (Phi) is 4.08. The summed E-state index contributed by atoms with van der Waals surface area (Å²) in [5.41, 5.74) is 3.29. The van der Waals surface area contributed by atoms with Gasteiger partial charge >= 0.3 is 0 Å². The molecule has 2 heterocycles. The van der Waals surface area contributed by atoms with Gasteiger partial charge in [-0.15, -0.1) is 10.2 Å². The van der Waals surface area contributed by atoms with E-state index in [2.05, 4.69) is 34.2 Å². The summed E-state index contributed by atoms with van der Waals surface area (Å²) < 4.78 is 2.02. The van der Waals surface area contributed by atoms with Gasteiger partial charge in [0.25, 0.3) is 0 Å². The van der Waals surface area contributed by atoms with Gasteiger partial charge in [-0.2, -0.15) is 0 Å². The molecule has 0 saturated heterocycles. The van der Waals surface area contributed by atoms with Gasteiger partial charge in [0, 0.05) is 11.3 Å². The summed E-state index contributed by atoms with van der Waals surface area (Å²) in [6.45, 7) is 2.72. The number of hydrogen-bond acceptors (Lipinski definition) is 7. The molecule has 8 heteroatoms. The van der Waals surface area contributed by atoms with Crippen molar-refractivity contribution in [3.05, 3.63) is 59.3 Å². The highest BCUT2D eigenvalue weighted by molar-refractivity contribution is 7.99. The number of rotatable bonds is 3. The van der Waals surface area contributed by atoms with Gasteiger partial charge in [0.05, 0.1) is 18.2 Å². The number of para-hydroxylation sites is 1. The second kappa shape index (κ2) is 6.40. The van der Waals surface area contributed by atoms with Crippen LogP contribution in [0.5, 0.6) is 0 Å². The lowest BCUT2D eigenvalue weighted by atomic mass is 10.2. The molecule has 7 nitrogen and oxygen atoms in total. The first kappa shape index (κ1) is 15.9. The van der Waals surface area contributed by atoms with E-state index in [1.807, 2.05) is 22.8 Å². The lowest BCUT2D eigenvalue weighted by Gasteiger charge is -2.31. The van der Waals surface area contributed by atoms with Crippen LogP contribution in [-0.2, 0) is 6.67 Å². The van der Waals surface area contributed by atoms with Crippen LogP contribution in [0.4, 0.5) is 11.4 Å². The molecule has 2 aromatic carbocycles. The third-order valence-corrected chi connectivity index (χ3v) is 5.16. The maximum atomic E-state index is 11.1. The summed E-state index contributed by atoms with van der Waals surface area (Å²) in [4.78, 5) is 2.26. The van der Waals surface area contributed by atoms with Gasteiger partial charge < -0.3 is 15.3 Å².